The Kier molecular flexibility index (Phi) is 13.6. The zero-order valence-electron chi connectivity index (χ0n) is 41.6. The van der Waals surface area contributed by atoms with E-state index in [2.05, 4.69) is 0 Å². The highest BCUT2D eigenvalue weighted by Crippen LogP contribution is 2.37. The zero-order chi connectivity index (χ0) is 56.9. The Bertz CT molecular complexity index is 4420. The molecule has 0 aliphatic carbocycles. The summed E-state index contributed by atoms with van der Waals surface area (Å²) in [4.78, 5) is 15.9. The Morgan fingerprint density at radius 1 is 0.241 bits per heavy atom. The molecule has 3 heterocycles. The number of anilines is 3. The van der Waals surface area contributed by atoms with Gasteiger partial charge in [-0.15, -0.1) is 32.8 Å². The third kappa shape index (κ3) is 7.89. The highest BCUT2D eigenvalue weighted by Gasteiger charge is 2.33. The number of benzene rings is 8. The molecule has 8 aromatic carbocycles. The summed E-state index contributed by atoms with van der Waals surface area (Å²) in [6.45, 7) is 0. The van der Waals surface area contributed by atoms with Gasteiger partial charge in [-0.1, -0.05) is 143 Å². The molecule has 0 saturated heterocycles. The molecule has 0 atom stereocenters. The van der Waals surface area contributed by atoms with Gasteiger partial charge in [-0.05, 0) is 16.6 Å². The smallest absolute Gasteiger partial charge is 0.164 e. The van der Waals surface area contributed by atoms with E-state index in [0.717, 1.165) is 0 Å². The van der Waals surface area contributed by atoms with Crippen molar-refractivity contribution in [2.45, 2.75) is 0 Å². The second-order valence-electron chi connectivity index (χ2n) is 18.7. The fourth-order valence-electron chi connectivity index (χ4n) is 10.2. The molecular weight excluding hydrogens is 938 g/mol. The van der Waals surface area contributed by atoms with E-state index < -0.39 is 0 Å². The van der Waals surface area contributed by atoms with Crippen LogP contribution < -0.4 is 125 Å². The molecule has 0 fully saturated rings. The second kappa shape index (κ2) is 19.7. The van der Waals surface area contributed by atoms with Gasteiger partial charge in [0, 0.05) is 55.3 Å². The lowest BCUT2D eigenvalue weighted by molar-refractivity contribution is 0.674. The number of hydrogen-bond donors (Lipinski definition) is 0. The maximum absolute atomic E-state index is 7.40. The summed E-state index contributed by atoms with van der Waals surface area (Å²) in [7, 11) is 150. The third-order valence-electron chi connectivity index (χ3n) is 14.3. The predicted octanol–water partition coefficient (Wildman–Crippen LogP) is -12.7. The van der Waals surface area contributed by atoms with Crippen molar-refractivity contribution in [2.24, 2.45) is 0 Å². The van der Waals surface area contributed by atoms with Crippen molar-refractivity contribution >= 4 is 354 Å². The van der Waals surface area contributed by atoms with Gasteiger partial charge in [0.05, 0.1) is 0 Å². The van der Waals surface area contributed by atoms with Crippen LogP contribution in [0.1, 0.15) is 0 Å². The highest BCUT2D eigenvalue weighted by atomic mass is 16.3. The largest absolute Gasteiger partial charge is 0.457 e. The van der Waals surface area contributed by atoms with E-state index in [1.54, 1.807) is 0 Å². The predicted molar refractivity (Wildman–Crippen MR) is 349 cm³/mol. The maximum atomic E-state index is 7.40. The van der Waals surface area contributed by atoms with Crippen LogP contribution in [-0.4, -0.2) is 188 Å². The van der Waals surface area contributed by atoms with Gasteiger partial charge < -0.3 is 13.7 Å². The molecule has 0 saturated carbocycles. The van der Waals surface area contributed by atoms with Gasteiger partial charge in [-0.3, -0.25) is 0 Å². The summed E-state index contributed by atoms with van der Waals surface area (Å²) >= 11 is 0. The van der Waals surface area contributed by atoms with Gasteiger partial charge in [-0.25, -0.2) is 15.0 Å². The minimum absolute atomic E-state index is 0.0290. The topological polar surface area (TPSA) is 68.2 Å². The van der Waals surface area contributed by atoms with E-state index in [4.69, 9.17) is 196 Å². The average molecular weight is 949 g/mol. The zero-order valence-corrected chi connectivity index (χ0v) is 41.6. The van der Waals surface area contributed by atoms with Crippen molar-refractivity contribution in [3.63, 3.8) is 0 Å². The van der Waals surface area contributed by atoms with Gasteiger partial charge in [0.1, 0.15) is 195 Å². The minimum Gasteiger partial charge on any atom is -0.457 e. The average Bonchev–Trinajstić information content (AvgIpc) is 4.11. The SMILES string of the molecule is [B]c1c([B])c([B])c(-c2c([B])c([B])c(N(c3c([B])c([B])c4c(oc5c([B])c([B])c([B])c(-c6nc(-c7ccccc7)nc(-c7ccccc7)n6)c54)c3[B])c3c([B])c([B])c4oc5c([B])c([B])c([B])c([B])c5c4c3[B])c([B])c2[B])c([B])c1[B]. The molecule has 0 spiro atoms. The number of nitrogens with zero attached hydrogens (tertiary/aromatic N) is 4. The summed E-state index contributed by atoms with van der Waals surface area (Å²) in [6, 6.07) is 18.4. The fourth-order valence-corrected chi connectivity index (χ4v) is 10.2. The van der Waals surface area contributed by atoms with E-state index in [1.165, 1.54) is 4.90 Å². The van der Waals surface area contributed by atoms with Crippen molar-refractivity contribution < 1.29 is 8.83 Å². The molecule has 312 valence electrons. The molecule has 44 radical (unpaired) electrons. The third-order valence-corrected chi connectivity index (χ3v) is 14.3. The maximum Gasteiger partial charge on any atom is 0.164 e. The lowest BCUT2D eigenvalue weighted by atomic mass is 9.56. The van der Waals surface area contributed by atoms with Crippen molar-refractivity contribution in [1.82, 2.24) is 15.0 Å². The van der Waals surface area contributed by atoms with E-state index in [1.807, 2.05) is 60.7 Å². The molecule has 11 rings (SSSR count). The molecule has 11 aromatic rings. The first-order valence-corrected chi connectivity index (χ1v) is 23.5. The molecule has 0 unspecified atom stereocenters. The van der Waals surface area contributed by atoms with Gasteiger partial charge in [0.2, 0.25) is 0 Å². The molecule has 0 aliphatic rings. The van der Waals surface area contributed by atoms with Crippen LogP contribution in [0.3, 0.4) is 0 Å². The molecule has 0 N–H and O–H groups in total. The molecule has 28 heteroatoms. The fraction of sp³-hybridized carbons (Fsp3) is 0. The first kappa shape index (κ1) is 54.5. The lowest BCUT2D eigenvalue weighted by Gasteiger charge is -2.38. The van der Waals surface area contributed by atoms with Gasteiger partial charge in [0.15, 0.2) is 17.5 Å². The van der Waals surface area contributed by atoms with Crippen molar-refractivity contribution in [2.75, 3.05) is 4.90 Å². The first-order chi connectivity index (χ1) is 37.4. The van der Waals surface area contributed by atoms with Crippen LogP contribution in [0.4, 0.5) is 17.1 Å². The van der Waals surface area contributed by atoms with Crippen LogP contribution >= 0.6 is 0 Å². The summed E-state index contributed by atoms with van der Waals surface area (Å²) in [6.07, 6.45) is 0. The van der Waals surface area contributed by atoms with Gasteiger partial charge >= 0.3 is 0 Å². The van der Waals surface area contributed by atoms with E-state index >= 15 is 0 Å². The van der Waals surface area contributed by atoms with Crippen molar-refractivity contribution in [3.8, 4) is 45.3 Å². The Balaban J connectivity index is 1.29. The van der Waals surface area contributed by atoms with Crippen LogP contribution in [0, 0.1) is 0 Å². The standard InChI is InChI=1S/C51H10B22N4O2/c52-20-14(21(53)29(61)32(64)28(20)60)15-22(54)34(66)43(35(67)23(15)55)77(42-27(59)18-17-24(56)30(62)33(65)39(71)46(17)79-47(18)40(72)37(42)69)44-36(68)25(57)16-13-19(26(58)31(63)38(70)45(13)78-48(16)41(44)73)51-75-49(11-7-3-1-4-8-11)74-50(76-51)12-9-5-2-6-10-12/h1-10H. The summed E-state index contributed by atoms with van der Waals surface area (Å²) in [5.41, 5.74) is -3.68. The number of aromatic nitrogens is 3. The summed E-state index contributed by atoms with van der Waals surface area (Å²) in [5.74, 6) is 0.611. The Hall–Kier alpha value is -6.40. The molecule has 3 aromatic heterocycles. The van der Waals surface area contributed by atoms with Crippen LogP contribution in [0.2, 0.25) is 0 Å². The summed E-state index contributed by atoms with van der Waals surface area (Å²) in [5, 5.41) is 0.380. The Morgan fingerprint density at radius 3 is 1.01 bits per heavy atom. The number of hydrogen-bond acceptors (Lipinski definition) is 6. The minimum atomic E-state index is -0.336. The van der Waals surface area contributed by atoms with Gasteiger partial charge in [0.25, 0.3) is 0 Å². The van der Waals surface area contributed by atoms with E-state index in [-0.39, 0.29) is 215 Å². The normalized spacial score (nSPS) is 11.6. The number of rotatable bonds is 7. The molecular formula is C51H10B22N4O2. The van der Waals surface area contributed by atoms with Crippen LogP contribution in [0.15, 0.2) is 69.5 Å². The Morgan fingerprint density at radius 2 is 0.519 bits per heavy atom. The Labute approximate surface area is 485 Å². The first-order valence-electron chi connectivity index (χ1n) is 23.5. The van der Waals surface area contributed by atoms with Crippen molar-refractivity contribution in [1.29, 1.82) is 0 Å². The van der Waals surface area contributed by atoms with E-state index in [0.29, 0.717) is 11.1 Å². The quantitative estimate of drug-likeness (QED) is 0.148. The highest BCUT2D eigenvalue weighted by molar-refractivity contribution is 6.73. The second-order valence-corrected chi connectivity index (χ2v) is 18.7. The van der Waals surface area contributed by atoms with Crippen molar-refractivity contribution in [3.05, 3.63) is 60.7 Å². The number of fused-ring (bicyclic) bond motifs is 6. The van der Waals surface area contributed by atoms with Crippen LogP contribution in [-0.2, 0) is 0 Å². The molecule has 79 heavy (non-hydrogen) atoms. The van der Waals surface area contributed by atoms with Crippen LogP contribution in [0.25, 0.3) is 89.2 Å². The van der Waals surface area contributed by atoms with Crippen LogP contribution in [0.5, 0.6) is 0 Å². The summed E-state index contributed by atoms with van der Waals surface area (Å²) < 4.78 is 12.9. The van der Waals surface area contributed by atoms with Gasteiger partial charge in [-0.2, -0.15) is 0 Å². The number of furan rings is 2. The molecule has 0 aliphatic heterocycles. The molecule has 6 nitrogen and oxygen atoms in total. The molecule has 0 amide bonds. The van der Waals surface area contributed by atoms with E-state index in [9.17, 15) is 0 Å². The lowest BCUT2D eigenvalue weighted by Crippen LogP contribution is -2.57. The molecule has 0 bridgehead atoms. The monoisotopic (exact) mass is 952 g/mol.